The van der Waals surface area contributed by atoms with E-state index in [4.69, 9.17) is 5.73 Å². The average Bonchev–Trinajstić information content (AvgIpc) is 2.81. The summed E-state index contributed by atoms with van der Waals surface area (Å²) in [6.07, 6.45) is -1.67. The number of hydrogen-bond donors (Lipinski definition) is 1. The van der Waals surface area contributed by atoms with E-state index in [0.29, 0.717) is 13.0 Å². The maximum atomic E-state index is 12.2. The SMILES string of the molecule is CC(CCN)N(CC(F)(F)F)C1CC1. The van der Waals surface area contributed by atoms with E-state index < -0.39 is 12.7 Å². The summed E-state index contributed by atoms with van der Waals surface area (Å²) >= 11 is 0. The zero-order valence-electron chi connectivity index (χ0n) is 8.35. The summed E-state index contributed by atoms with van der Waals surface area (Å²) < 4.78 is 36.7. The van der Waals surface area contributed by atoms with Crippen molar-refractivity contribution in [2.45, 2.75) is 44.4 Å². The fraction of sp³-hybridized carbons (Fsp3) is 1.00. The van der Waals surface area contributed by atoms with Crippen molar-refractivity contribution in [2.75, 3.05) is 13.1 Å². The maximum Gasteiger partial charge on any atom is 0.401 e. The number of alkyl halides is 3. The Kier molecular flexibility index (Phi) is 3.78. The van der Waals surface area contributed by atoms with E-state index in [1.165, 1.54) is 4.90 Å². The first kappa shape index (κ1) is 11.8. The molecular formula is C9H17F3N2. The quantitative estimate of drug-likeness (QED) is 0.749. The lowest BCUT2D eigenvalue weighted by molar-refractivity contribution is -0.151. The molecular weight excluding hydrogens is 193 g/mol. The lowest BCUT2D eigenvalue weighted by Gasteiger charge is -2.29. The van der Waals surface area contributed by atoms with Gasteiger partial charge < -0.3 is 5.73 Å². The van der Waals surface area contributed by atoms with Crippen LogP contribution in [0.5, 0.6) is 0 Å². The van der Waals surface area contributed by atoms with Crippen molar-refractivity contribution < 1.29 is 13.2 Å². The molecule has 2 nitrogen and oxygen atoms in total. The van der Waals surface area contributed by atoms with Gasteiger partial charge in [-0.05, 0) is 32.7 Å². The van der Waals surface area contributed by atoms with Crippen LogP contribution in [-0.2, 0) is 0 Å². The number of rotatable bonds is 5. The molecule has 1 rings (SSSR count). The molecule has 0 aromatic carbocycles. The Bertz CT molecular complexity index is 177. The van der Waals surface area contributed by atoms with E-state index >= 15 is 0 Å². The first-order valence-corrected chi connectivity index (χ1v) is 4.96. The molecule has 0 heterocycles. The first-order chi connectivity index (χ1) is 6.44. The summed E-state index contributed by atoms with van der Waals surface area (Å²) in [5.41, 5.74) is 5.34. The van der Waals surface area contributed by atoms with Crippen molar-refractivity contribution in [3.63, 3.8) is 0 Å². The summed E-state index contributed by atoms with van der Waals surface area (Å²) in [5.74, 6) is 0. The van der Waals surface area contributed by atoms with Crippen LogP contribution in [0, 0.1) is 0 Å². The largest absolute Gasteiger partial charge is 0.401 e. The smallest absolute Gasteiger partial charge is 0.330 e. The normalized spacial score (nSPS) is 20.1. The minimum absolute atomic E-state index is 0.0610. The molecule has 0 spiro atoms. The van der Waals surface area contributed by atoms with E-state index in [2.05, 4.69) is 0 Å². The molecule has 84 valence electrons. The lowest BCUT2D eigenvalue weighted by atomic mass is 10.2. The van der Waals surface area contributed by atoms with Gasteiger partial charge in [0.1, 0.15) is 0 Å². The molecule has 0 aromatic heterocycles. The number of halogens is 3. The Labute approximate surface area is 82.2 Å². The van der Waals surface area contributed by atoms with Crippen molar-refractivity contribution in [3.05, 3.63) is 0 Å². The van der Waals surface area contributed by atoms with Crippen molar-refractivity contribution in [3.8, 4) is 0 Å². The van der Waals surface area contributed by atoms with Crippen LogP contribution in [0.2, 0.25) is 0 Å². The van der Waals surface area contributed by atoms with Crippen LogP contribution in [0.25, 0.3) is 0 Å². The number of nitrogens with two attached hydrogens (primary N) is 1. The van der Waals surface area contributed by atoms with Crippen LogP contribution in [0.15, 0.2) is 0 Å². The van der Waals surface area contributed by atoms with Gasteiger partial charge in [-0.25, -0.2) is 0 Å². The molecule has 1 fully saturated rings. The number of hydrogen-bond acceptors (Lipinski definition) is 2. The Hall–Kier alpha value is -0.290. The molecule has 1 aliphatic rings. The third-order valence-electron chi connectivity index (χ3n) is 2.53. The van der Waals surface area contributed by atoms with Crippen LogP contribution in [0.3, 0.4) is 0 Å². The van der Waals surface area contributed by atoms with Crippen molar-refractivity contribution in [1.82, 2.24) is 4.90 Å². The highest BCUT2D eigenvalue weighted by Crippen LogP contribution is 2.32. The van der Waals surface area contributed by atoms with E-state index in [1.807, 2.05) is 6.92 Å². The van der Waals surface area contributed by atoms with Gasteiger partial charge >= 0.3 is 6.18 Å². The summed E-state index contributed by atoms with van der Waals surface area (Å²) in [6.45, 7) is 1.47. The van der Waals surface area contributed by atoms with E-state index in [-0.39, 0.29) is 12.1 Å². The van der Waals surface area contributed by atoms with Gasteiger partial charge in [-0.2, -0.15) is 13.2 Å². The Morgan fingerprint density at radius 2 is 2.00 bits per heavy atom. The van der Waals surface area contributed by atoms with Crippen LogP contribution < -0.4 is 5.73 Å². The zero-order valence-corrected chi connectivity index (χ0v) is 8.35. The fourth-order valence-electron chi connectivity index (χ4n) is 1.67. The molecule has 1 atom stereocenters. The predicted molar refractivity (Wildman–Crippen MR) is 48.9 cm³/mol. The topological polar surface area (TPSA) is 29.3 Å². The zero-order chi connectivity index (χ0) is 10.8. The second-order valence-electron chi connectivity index (χ2n) is 3.95. The molecule has 0 aliphatic heterocycles. The fourth-order valence-corrected chi connectivity index (χ4v) is 1.67. The van der Waals surface area contributed by atoms with Gasteiger partial charge in [-0.1, -0.05) is 0 Å². The minimum atomic E-state index is -4.09. The highest BCUT2D eigenvalue weighted by atomic mass is 19.4. The molecule has 14 heavy (non-hydrogen) atoms. The van der Waals surface area contributed by atoms with Crippen LogP contribution in [0.1, 0.15) is 26.2 Å². The van der Waals surface area contributed by atoms with Gasteiger partial charge in [0.05, 0.1) is 6.54 Å². The standard InChI is InChI=1S/C9H17F3N2/c1-7(4-5-13)14(8-2-3-8)6-9(10,11)12/h7-8H,2-6,13H2,1H3. The molecule has 0 bridgehead atoms. The molecule has 0 amide bonds. The molecule has 2 N–H and O–H groups in total. The third kappa shape index (κ3) is 3.84. The van der Waals surface area contributed by atoms with Crippen LogP contribution in [0.4, 0.5) is 13.2 Å². The summed E-state index contributed by atoms with van der Waals surface area (Å²) in [4.78, 5) is 1.53. The summed E-state index contributed by atoms with van der Waals surface area (Å²) in [6, 6.07) is 0.0762. The Balaban J connectivity index is 2.46. The van der Waals surface area contributed by atoms with Gasteiger partial charge in [-0.15, -0.1) is 0 Å². The molecule has 0 radical (unpaired) electrons. The maximum absolute atomic E-state index is 12.2. The van der Waals surface area contributed by atoms with Crippen molar-refractivity contribution >= 4 is 0 Å². The monoisotopic (exact) mass is 210 g/mol. The van der Waals surface area contributed by atoms with Crippen molar-refractivity contribution in [2.24, 2.45) is 5.73 Å². The summed E-state index contributed by atoms with van der Waals surface area (Å²) in [7, 11) is 0. The molecule has 0 saturated heterocycles. The van der Waals surface area contributed by atoms with E-state index in [0.717, 1.165) is 12.8 Å². The molecule has 0 aromatic rings. The third-order valence-corrected chi connectivity index (χ3v) is 2.53. The van der Waals surface area contributed by atoms with Gasteiger partial charge in [0.25, 0.3) is 0 Å². The summed E-state index contributed by atoms with van der Waals surface area (Å²) in [5, 5.41) is 0. The van der Waals surface area contributed by atoms with Crippen molar-refractivity contribution in [1.29, 1.82) is 0 Å². The van der Waals surface area contributed by atoms with Gasteiger partial charge in [-0.3, -0.25) is 4.90 Å². The number of nitrogens with zero attached hydrogens (tertiary/aromatic N) is 1. The Morgan fingerprint density at radius 1 is 1.43 bits per heavy atom. The second-order valence-corrected chi connectivity index (χ2v) is 3.95. The molecule has 1 saturated carbocycles. The average molecular weight is 210 g/mol. The van der Waals surface area contributed by atoms with E-state index in [9.17, 15) is 13.2 Å². The Morgan fingerprint density at radius 3 is 2.36 bits per heavy atom. The van der Waals surface area contributed by atoms with Crippen LogP contribution >= 0.6 is 0 Å². The van der Waals surface area contributed by atoms with Gasteiger partial charge in [0, 0.05) is 12.1 Å². The molecule has 1 aliphatic carbocycles. The van der Waals surface area contributed by atoms with Crippen LogP contribution in [-0.4, -0.2) is 36.2 Å². The second kappa shape index (κ2) is 4.49. The van der Waals surface area contributed by atoms with Gasteiger partial charge in [0.2, 0.25) is 0 Å². The van der Waals surface area contributed by atoms with E-state index in [1.54, 1.807) is 0 Å². The van der Waals surface area contributed by atoms with Gasteiger partial charge in [0.15, 0.2) is 0 Å². The highest BCUT2D eigenvalue weighted by molar-refractivity contribution is 4.88. The highest BCUT2D eigenvalue weighted by Gasteiger charge is 2.39. The molecule has 1 unspecified atom stereocenters. The molecule has 5 heteroatoms. The lowest BCUT2D eigenvalue weighted by Crippen LogP contribution is -2.42. The first-order valence-electron chi connectivity index (χ1n) is 4.96. The minimum Gasteiger partial charge on any atom is -0.330 e. The predicted octanol–water partition coefficient (Wildman–Crippen LogP) is 1.75.